The Morgan fingerprint density at radius 3 is 2.83 bits per heavy atom. The SMILES string of the molecule is Cc1cc(N)nc(C2(C)CCCN2C(=O)c2cncnc2C)n1. The molecule has 7 heteroatoms. The van der Waals surface area contributed by atoms with Crippen molar-refractivity contribution in [2.24, 2.45) is 0 Å². The number of carbonyl (C=O) groups is 1. The van der Waals surface area contributed by atoms with Crippen molar-refractivity contribution in [3.05, 3.63) is 41.4 Å². The standard InChI is InChI=1S/C16H20N6O/c1-10-7-13(17)21-15(20-10)16(3)5-4-6-22(16)14(23)12-8-18-9-19-11(12)2/h7-9H,4-6H2,1-3H3,(H2,17,20,21). The maximum Gasteiger partial charge on any atom is 0.258 e. The van der Waals surface area contributed by atoms with E-state index in [-0.39, 0.29) is 5.91 Å². The van der Waals surface area contributed by atoms with Crippen LogP contribution in [0.4, 0.5) is 5.82 Å². The lowest BCUT2D eigenvalue weighted by Gasteiger charge is -2.34. The lowest BCUT2D eigenvalue weighted by atomic mass is 9.96. The molecular weight excluding hydrogens is 292 g/mol. The molecule has 1 saturated heterocycles. The molecule has 3 heterocycles. The second-order valence-electron chi connectivity index (χ2n) is 6.11. The van der Waals surface area contributed by atoms with Crippen molar-refractivity contribution in [3.63, 3.8) is 0 Å². The molecule has 1 aliphatic rings. The number of amides is 1. The van der Waals surface area contributed by atoms with E-state index in [0.29, 0.717) is 29.4 Å². The number of likely N-dealkylation sites (tertiary alicyclic amines) is 1. The number of nitrogen functional groups attached to an aromatic ring is 1. The summed E-state index contributed by atoms with van der Waals surface area (Å²) in [6.07, 6.45) is 4.70. The van der Waals surface area contributed by atoms with Crippen LogP contribution < -0.4 is 5.73 Å². The van der Waals surface area contributed by atoms with Crippen molar-refractivity contribution >= 4 is 11.7 Å². The number of rotatable bonds is 2. The molecule has 0 radical (unpaired) electrons. The largest absolute Gasteiger partial charge is 0.384 e. The van der Waals surface area contributed by atoms with Crippen LogP contribution in [0.15, 0.2) is 18.6 Å². The van der Waals surface area contributed by atoms with Crippen LogP contribution in [0, 0.1) is 13.8 Å². The Kier molecular flexibility index (Phi) is 3.71. The number of anilines is 1. The van der Waals surface area contributed by atoms with Crippen molar-refractivity contribution in [3.8, 4) is 0 Å². The van der Waals surface area contributed by atoms with Crippen molar-refractivity contribution in [1.29, 1.82) is 0 Å². The molecule has 0 saturated carbocycles. The summed E-state index contributed by atoms with van der Waals surface area (Å²) >= 11 is 0. The van der Waals surface area contributed by atoms with Crippen molar-refractivity contribution < 1.29 is 4.79 Å². The van der Waals surface area contributed by atoms with Gasteiger partial charge in [-0.05, 0) is 33.6 Å². The summed E-state index contributed by atoms with van der Waals surface area (Å²) in [6, 6.07) is 1.73. The number of aromatic nitrogens is 4. The van der Waals surface area contributed by atoms with Crippen LogP contribution in [0.2, 0.25) is 0 Å². The summed E-state index contributed by atoms with van der Waals surface area (Å²) in [5.41, 5.74) is 7.28. The molecule has 0 spiro atoms. The van der Waals surface area contributed by atoms with E-state index < -0.39 is 5.54 Å². The summed E-state index contributed by atoms with van der Waals surface area (Å²) in [7, 11) is 0. The number of nitrogens with two attached hydrogens (primary N) is 1. The summed E-state index contributed by atoms with van der Waals surface area (Å²) in [4.78, 5) is 31.8. The Balaban J connectivity index is 2.02. The van der Waals surface area contributed by atoms with Crippen LogP contribution in [0.25, 0.3) is 0 Å². The van der Waals surface area contributed by atoms with Crippen LogP contribution in [-0.4, -0.2) is 37.3 Å². The van der Waals surface area contributed by atoms with E-state index in [1.807, 2.05) is 25.7 Å². The smallest absolute Gasteiger partial charge is 0.258 e. The monoisotopic (exact) mass is 312 g/mol. The van der Waals surface area contributed by atoms with Crippen molar-refractivity contribution in [2.75, 3.05) is 12.3 Å². The molecule has 0 aromatic carbocycles. The number of nitrogens with zero attached hydrogens (tertiary/aromatic N) is 5. The van der Waals surface area contributed by atoms with Gasteiger partial charge in [-0.25, -0.2) is 19.9 Å². The zero-order valence-corrected chi connectivity index (χ0v) is 13.6. The molecule has 1 aliphatic heterocycles. The van der Waals surface area contributed by atoms with Crippen LogP contribution in [0.5, 0.6) is 0 Å². The van der Waals surface area contributed by atoms with Gasteiger partial charge in [-0.3, -0.25) is 4.79 Å². The normalized spacial score (nSPS) is 20.7. The Hall–Kier alpha value is -2.57. The summed E-state index contributed by atoms with van der Waals surface area (Å²) in [5.74, 6) is 0.925. The first kappa shape index (κ1) is 15.3. The summed E-state index contributed by atoms with van der Waals surface area (Å²) < 4.78 is 0. The van der Waals surface area contributed by atoms with Gasteiger partial charge >= 0.3 is 0 Å². The van der Waals surface area contributed by atoms with E-state index in [0.717, 1.165) is 18.5 Å². The highest BCUT2D eigenvalue weighted by Crippen LogP contribution is 2.38. The minimum atomic E-state index is -0.570. The van der Waals surface area contributed by atoms with E-state index in [1.54, 1.807) is 12.3 Å². The maximum atomic E-state index is 13.0. The Morgan fingerprint density at radius 2 is 2.13 bits per heavy atom. The topological polar surface area (TPSA) is 97.9 Å². The van der Waals surface area contributed by atoms with E-state index >= 15 is 0 Å². The zero-order chi connectivity index (χ0) is 16.6. The van der Waals surface area contributed by atoms with E-state index in [2.05, 4.69) is 19.9 Å². The molecule has 120 valence electrons. The van der Waals surface area contributed by atoms with Gasteiger partial charge in [-0.15, -0.1) is 0 Å². The molecule has 1 atom stereocenters. The quantitative estimate of drug-likeness (QED) is 0.904. The lowest BCUT2D eigenvalue weighted by molar-refractivity contribution is 0.0602. The minimum absolute atomic E-state index is 0.0909. The Labute approximate surface area is 135 Å². The first-order valence-electron chi connectivity index (χ1n) is 7.62. The lowest BCUT2D eigenvalue weighted by Crippen LogP contribution is -2.44. The van der Waals surface area contributed by atoms with Gasteiger partial charge in [-0.2, -0.15) is 0 Å². The van der Waals surface area contributed by atoms with Gasteiger partial charge in [0, 0.05) is 24.5 Å². The minimum Gasteiger partial charge on any atom is -0.384 e. The molecule has 1 unspecified atom stereocenters. The van der Waals surface area contributed by atoms with Crippen molar-refractivity contribution in [2.45, 2.75) is 39.2 Å². The molecule has 0 bridgehead atoms. The van der Waals surface area contributed by atoms with Gasteiger partial charge in [0.25, 0.3) is 5.91 Å². The Morgan fingerprint density at radius 1 is 1.35 bits per heavy atom. The molecule has 23 heavy (non-hydrogen) atoms. The summed E-state index contributed by atoms with van der Waals surface area (Å²) in [6.45, 7) is 6.33. The van der Waals surface area contributed by atoms with Crippen molar-refractivity contribution in [1.82, 2.24) is 24.8 Å². The van der Waals surface area contributed by atoms with Gasteiger partial charge in [0.15, 0.2) is 5.82 Å². The molecule has 1 amide bonds. The average Bonchev–Trinajstić information content (AvgIpc) is 2.89. The first-order valence-corrected chi connectivity index (χ1v) is 7.62. The van der Waals surface area contributed by atoms with Gasteiger partial charge in [0.2, 0.25) is 0 Å². The third kappa shape index (κ3) is 2.62. The highest BCUT2D eigenvalue weighted by molar-refractivity contribution is 5.95. The second-order valence-corrected chi connectivity index (χ2v) is 6.11. The molecule has 7 nitrogen and oxygen atoms in total. The molecular formula is C16H20N6O. The van der Waals surface area contributed by atoms with Crippen LogP contribution in [0.1, 0.15) is 47.3 Å². The van der Waals surface area contributed by atoms with E-state index in [9.17, 15) is 4.79 Å². The first-order chi connectivity index (χ1) is 10.9. The van der Waals surface area contributed by atoms with Crippen LogP contribution in [0.3, 0.4) is 0 Å². The fourth-order valence-corrected chi connectivity index (χ4v) is 3.10. The van der Waals surface area contributed by atoms with Crippen LogP contribution >= 0.6 is 0 Å². The maximum absolute atomic E-state index is 13.0. The van der Waals surface area contributed by atoms with Crippen LogP contribution in [-0.2, 0) is 5.54 Å². The molecule has 3 rings (SSSR count). The van der Waals surface area contributed by atoms with Gasteiger partial charge < -0.3 is 10.6 Å². The second kappa shape index (κ2) is 5.57. The Bertz CT molecular complexity index is 742. The molecule has 1 fully saturated rings. The third-order valence-corrected chi connectivity index (χ3v) is 4.38. The predicted molar refractivity (Wildman–Crippen MR) is 85.6 cm³/mol. The van der Waals surface area contributed by atoms with E-state index in [1.165, 1.54) is 6.33 Å². The zero-order valence-electron chi connectivity index (χ0n) is 13.6. The fraction of sp³-hybridized carbons (Fsp3) is 0.438. The molecule has 2 aromatic rings. The molecule has 0 aliphatic carbocycles. The van der Waals surface area contributed by atoms with Gasteiger partial charge in [0.05, 0.1) is 11.3 Å². The highest BCUT2D eigenvalue weighted by Gasteiger charge is 2.44. The van der Waals surface area contributed by atoms with Gasteiger partial charge in [0.1, 0.15) is 17.7 Å². The third-order valence-electron chi connectivity index (χ3n) is 4.38. The van der Waals surface area contributed by atoms with Gasteiger partial charge in [-0.1, -0.05) is 0 Å². The molecule has 2 N–H and O–H groups in total. The number of carbonyl (C=O) groups excluding carboxylic acids is 1. The summed E-state index contributed by atoms with van der Waals surface area (Å²) in [5, 5.41) is 0. The fourth-order valence-electron chi connectivity index (χ4n) is 3.10. The highest BCUT2D eigenvalue weighted by atomic mass is 16.2. The molecule has 2 aromatic heterocycles. The average molecular weight is 312 g/mol. The number of hydrogen-bond donors (Lipinski definition) is 1. The number of hydrogen-bond acceptors (Lipinski definition) is 6. The predicted octanol–water partition coefficient (Wildman–Crippen LogP) is 1.62. The van der Waals surface area contributed by atoms with E-state index in [4.69, 9.17) is 5.73 Å². The number of aryl methyl sites for hydroxylation is 2.